The summed E-state index contributed by atoms with van der Waals surface area (Å²) < 4.78 is 46.5. The van der Waals surface area contributed by atoms with Crippen LogP contribution in [0.3, 0.4) is 0 Å². The summed E-state index contributed by atoms with van der Waals surface area (Å²) in [5.74, 6) is 0.481. The van der Waals surface area contributed by atoms with E-state index in [1.807, 2.05) is 24.3 Å². The first-order valence-electron chi connectivity index (χ1n) is 8.64. The topological polar surface area (TPSA) is 95.2 Å². The predicted molar refractivity (Wildman–Crippen MR) is 105 cm³/mol. The molecular weight excluding hydrogens is 399 g/mol. The maximum Gasteiger partial charge on any atom is 0.573 e. The van der Waals surface area contributed by atoms with E-state index in [0.29, 0.717) is 17.0 Å². The van der Waals surface area contributed by atoms with Crippen LogP contribution >= 0.6 is 0 Å². The number of anilines is 3. The third kappa shape index (κ3) is 4.32. The van der Waals surface area contributed by atoms with E-state index in [9.17, 15) is 13.2 Å². The van der Waals surface area contributed by atoms with Gasteiger partial charge in [-0.15, -0.1) is 13.2 Å². The van der Waals surface area contributed by atoms with Gasteiger partial charge in [0.1, 0.15) is 23.3 Å². The molecule has 0 fully saturated rings. The first-order valence-corrected chi connectivity index (χ1v) is 8.64. The normalized spacial score (nSPS) is 11.3. The summed E-state index contributed by atoms with van der Waals surface area (Å²) in [4.78, 5) is 12.4. The van der Waals surface area contributed by atoms with Crippen molar-refractivity contribution < 1.29 is 22.6 Å². The van der Waals surface area contributed by atoms with Gasteiger partial charge in [0.15, 0.2) is 11.6 Å². The summed E-state index contributed by atoms with van der Waals surface area (Å²) in [5.41, 5.74) is 7.35. The molecular formula is C20H14F3N5O2. The van der Waals surface area contributed by atoms with Gasteiger partial charge in [-0.05, 0) is 36.4 Å². The van der Waals surface area contributed by atoms with Crippen molar-refractivity contribution in [2.24, 2.45) is 0 Å². The van der Waals surface area contributed by atoms with E-state index in [-0.39, 0.29) is 23.1 Å². The van der Waals surface area contributed by atoms with Crippen molar-refractivity contribution in [2.45, 2.75) is 6.36 Å². The number of pyridine rings is 1. The number of alkyl halides is 3. The lowest BCUT2D eigenvalue weighted by atomic mass is 10.2. The monoisotopic (exact) mass is 413 g/mol. The Balaban J connectivity index is 1.56. The average molecular weight is 413 g/mol. The molecule has 0 radical (unpaired) electrons. The molecule has 2 heterocycles. The van der Waals surface area contributed by atoms with E-state index in [2.05, 4.69) is 25.0 Å². The number of fused-ring (bicyclic) bond motifs is 1. The number of aromatic nitrogens is 3. The molecule has 0 bridgehead atoms. The molecule has 0 atom stereocenters. The molecule has 0 saturated heterocycles. The quantitative estimate of drug-likeness (QED) is 0.473. The van der Waals surface area contributed by atoms with Crippen molar-refractivity contribution >= 4 is 28.1 Å². The molecule has 0 amide bonds. The SMILES string of the molecule is Nc1c(Nc2ccc(OC(F)(F)F)cc2)ncnc1Oc1cccc2cccnc12. The zero-order valence-corrected chi connectivity index (χ0v) is 15.2. The van der Waals surface area contributed by atoms with E-state index in [0.717, 1.165) is 5.39 Å². The van der Waals surface area contributed by atoms with Gasteiger partial charge in [0.05, 0.1) is 0 Å². The van der Waals surface area contributed by atoms with E-state index in [1.165, 1.54) is 30.6 Å². The van der Waals surface area contributed by atoms with E-state index < -0.39 is 6.36 Å². The second-order valence-electron chi connectivity index (χ2n) is 6.07. The molecule has 3 N–H and O–H groups in total. The summed E-state index contributed by atoms with van der Waals surface area (Å²) >= 11 is 0. The van der Waals surface area contributed by atoms with E-state index >= 15 is 0 Å². The number of rotatable bonds is 5. The Kier molecular flexibility index (Phi) is 4.97. The highest BCUT2D eigenvalue weighted by Crippen LogP contribution is 2.34. The van der Waals surface area contributed by atoms with E-state index in [1.54, 1.807) is 12.3 Å². The number of halogens is 3. The molecule has 0 saturated carbocycles. The number of benzene rings is 2. The van der Waals surface area contributed by atoms with Gasteiger partial charge < -0.3 is 20.5 Å². The van der Waals surface area contributed by atoms with Gasteiger partial charge in [0.2, 0.25) is 5.88 Å². The highest BCUT2D eigenvalue weighted by molar-refractivity contribution is 5.84. The number of nitrogens with zero attached hydrogens (tertiary/aromatic N) is 3. The maximum absolute atomic E-state index is 12.3. The van der Waals surface area contributed by atoms with Crippen LogP contribution in [0.5, 0.6) is 17.4 Å². The number of hydrogen-bond donors (Lipinski definition) is 2. The Labute approximate surface area is 168 Å². The van der Waals surface area contributed by atoms with Crippen LogP contribution in [0.4, 0.5) is 30.4 Å². The summed E-state index contributed by atoms with van der Waals surface area (Å²) in [6.07, 6.45) is -1.85. The third-order valence-electron chi connectivity index (χ3n) is 4.00. The van der Waals surface area contributed by atoms with Crippen molar-refractivity contribution in [2.75, 3.05) is 11.1 Å². The highest BCUT2D eigenvalue weighted by Gasteiger charge is 2.30. The van der Waals surface area contributed by atoms with Crippen molar-refractivity contribution in [1.82, 2.24) is 15.0 Å². The molecule has 4 rings (SSSR count). The molecule has 30 heavy (non-hydrogen) atoms. The van der Waals surface area contributed by atoms with E-state index in [4.69, 9.17) is 10.5 Å². The minimum atomic E-state index is -4.76. The fourth-order valence-electron chi connectivity index (χ4n) is 2.70. The van der Waals surface area contributed by atoms with Gasteiger partial charge in [-0.2, -0.15) is 4.98 Å². The summed E-state index contributed by atoms with van der Waals surface area (Å²) in [6, 6.07) is 14.3. The number of ether oxygens (including phenoxy) is 2. The van der Waals surface area contributed by atoms with Crippen LogP contribution in [-0.4, -0.2) is 21.3 Å². The highest BCUT2D eigenvalue weighted by atomic mass is 19.4. The molecule has 0 aliphatic heterocycles. The zero-order valence-electron chi connectivity index (χ0n) is 15.2. The molecule has 0 unspecified atom stereocenters. The summed E-state index contributed by atoms with van der Waals surface area (Å²) in [6.45, 7) is 0. The first-order chi connectivity index (χ1) is 14.4. The Morgan fingerprint density at radius 2 is 1.67 bits per heavy atom. The van der Waals surface area contributed by atoms with Gasteiger partial charge in [0.25, 0.3) is 0 Å². The second kappa shape index (κ2) is 7.74. The van der Waals surface area contributed by atoms with Crippen LogP contribution in [0.15, 0.2) is 67.1 Å². The van der Waals surface area contributed by atoms with Gasteiger partial charge in [-0.25, -0.2) is 4.98 Å². The Morgan fingerprint density at radius 3 is 2.43 bits per heavy atom. The van der Waals surface area contributed by atoms with Crippen LogP contribution in [0, 0.1) is 0 Å². The molecule has 0 spiro atoms. The fraction of sp³-hybridized carbons (Fsp3) is 0.0500. The summed E-state index contributed by atoms with van der Waals surface area (Å²) in [5, 5.41) is 3.81. The van der Waals surface area contributed by atoms with Crippen molar-refractivity contribution in [1.29, 1.82) is 0 Å². The molecule has 10 heteroatoms. The third-order valence-corrected chi connectivity index (χ3v) is 4.00. The minimum absolute atomic E-state index is 0.114. The Bertz CT molecular complexity index is 1180. The van der Waals surface area contributed by atoms with Crippen LogP contribution in [-0.2, 0) is 0 Å². The average Bonchev–Trinajstić information content (AvgIpc) is 2.71. The predicted octanol–water partition coefficient (Wildman–Crippen LogP) is 5.04. The lowest BCUT2D eigenvalue weighted by Crippen LogP contribution is -2.17. The maximum atomic E-state index is 12.3. The Morgan fingerprint density at radius 1 is 0.900 bits per heavy atom. The lowest BCUT2D eigenvalue weighted by molar-refractivity contribution is -0.274. The van der Waals surface area contributed by atoms with Crippen LogP contribution in [0.25, 0.3) is 10.9 Å². The number of nitrogens with one attached hydrogen (secondary N) is 1. The molecule has 0 aliphatic carbocycles. The standard InChI is InChI=1S/C20H14F3N5O2/c21-20(22,23)30-14-8-6-13(7-9-14)28-18-16(24)19(27-11-26-18)29-15-5-1-3-12-4-2-10-25-17(12)15/h1-11H,24H2,(H,26,27,28). The van der Waals surface area contributed by atoms with Crippen molar-refractivity contribution in [3.05, 3.63) is 67.1 Å². The summed E-state index contributed by atoms with van der Waals surface area (Å²) in [7, 11) is 0. The van der Waals surface area contributed by atoms with Crippen molar-refractivity contribution in [3.8, 4) is 17.4 Å². The number of hydrogen-bond acceptors (Lipinski definition) is 7. The fourth-order valence-corrected chi connectivity index (χ4v) is 2.70. The van der Waals surface area contributed by atoms with Gasteiger partial charge in [-0.1, -0.05) is 18.2 Å². The van der Waals surface area contributed by atoms with Gasteiger partial charge >= 0.3 is 6.36 Å². The minimum Gasteiger partial charge on any atom is -0.435 e. The number of para-hydroxylation sites is 1. The van der Waals surface area contributed by atoms with Crippen molar-refractivity contribution in [3.63, 3.8) is 0 Å². The smallest absolute Gasteiger partial charge is 0.435 e. The molecule has 4 aromatic rings. The number of nitrogens with two attached hydrogens (primary N) is 1. The van der Waals surface area contributed by atoms with Crippen LogP contribution in [0.1, 0.15) is 0 Å². The molecule has 0 aliphatic rings. The van der Waals surface area contributed by atoms with Crippen LogP contribution in [0.2, 0.25) is 0 Å². The molecule has 2 aromatic carbocycles. The zero-order chi connectivity index (χ0) is 21.1. The van der Waals surface area contributed by atoms with Crippen LogP contribution < -0.4 is 20.5 Å². The van der Waals surface area contributed by atoms with Gasteiger partial charge in [-0.3, -0.25) is 4.98 Å². The van der Waals surface area contributed by atoms with Gasteiger partial charge in [0, 0.05) is 17.3 Å². The Hall–Kier alpha value is -4.08. The number of nitrogen functional groups attached to an aromatic ring is 1. The largest absolute Gasteiger partial charge is 0.573 e. The lowest BCUT2D eigenvalue weighted by Gasteiger charge is -2.13. The second-order valence-corrected chi connectivity index (χ2v) is 6.07. The molecule has 152 valence electrons. The first kappa shape index (κ1) is 19.2. The molecule has 2 aromatic heterocycles. The molecule has 7 nitrogen and oxygen atoms in total.